The quantitative estimate of drug-likeness (QED) is 0.817. The molecule has 1 amide bonds. The molecule has 0 spiro atoms. The lowest BCUT2D eigenvalue weighted by molar-refractivity contribution is -0.0826. The number of nitrogens with zero attached hydrogens (tertiary/aromatic N) is 1. The zero-order valence-corrected chi connectivity index (χ0v) is 15.6. The maximum atomic E-state index is 12.5. The van der Waals surface area contributed by atoms with Crippen LogP contribution in [0.15, 0.2) is 24.3 Å². The molecule has 0 saturated carbocycles. The monoisotopic (exact) mass is 378 g/mol. The number of nitrogens with one attached hydrogen (secondary N) is 1. The number of aryl methyl sites for hydroxylation is 1. The highest BCUT2D eigenvalue weighted by molar-refractivity contribution is 6.68. The van der Waals surface area contributed by atoms with E-state index in [0.29, 0.717) is 18.7 Å². The average molecular weight is 380 g/mol. The fourth-order valence-electron chi connectivity index (χ4n) is 2.72. The van der Waals surface area contributed by atoms with E-state index in [2.05, 4.69) is 5.32 Å². The third-order valence-corrected chi connectivity index (χ3v) is 4.32. The van der Waals surface area contributed by atoms with Crippen LogP contribution < -0.4 is 5.32 Å². The van der Waals surface area contributed by atoms with Gasteiger partial charge in [-0.2, -0.15) is 0 Å². The summed E-state index contributed by atoms with van der Waals surface area (Å²) in [4.78, 5) is 14.4. The van der Waals surface area contributed by atoms with E-state index in [-0.39, 0.29) is 18.1 Å². The Morgan fingerprint density at radius 1 is 1.22 bits per heavy atom. The second-order valence-electron chi connectivity index (χ2n) is 5.99. The fraction of sp³-hybridized carbons (Fsp3) is 0.562. The van der Waals surface area contributed by atoms with Crippen molar-refractivity contribution in [3.63, 3.8) is 0 Å². The molecule has 0 aliphatic carbocycles. The molecule has 1 aromatic rings. The second kappa shape index (κ2) is 7.58. The topological polar surface area (TPSA) is 41.6 Å². The molecule has 3 atom stereocenters. The van der Waals surface area contributed by atoms with Crippen molar-refractivity contribution in [2.24, 2.45) is 0 Å². The van der Waals surface area contributed by atoms with Gasteiger partial charge in [-0.05, 0) is 32.9 Å². The Morgan fingerprint density at radius 3 is 2.22 bits per heavy atom. The van der Waals surface area contributed by atoms with Gasteiger partial charge in [0.1, 0.15) is 6.17 Å². The van der Waals surface area contributed by atoms with Crippen molar-refractivity contribution >= 4 is 40.7 Å². The number of halogens is 3. The van der Waals surface area contributed by atoms with Crippen molar-refractivity contribution < 1.29 is 9.53 Å². The second-order valence-corrected chi connectivity index (χ2v) is 8.36. The number of carbonyl (C=O) groups excluding carboxylic acids is 1. The molecule has 2 rings (SSSR count). The van der Waals surface area contributed by atoms with Gasteiger partial charge in [-0.25, -0.2) is 0 Å². The maximum Gasteiger partial charge on any atom is 0.252 e. The molecule has 0 radical (unpaired) electrons. The number of benzene rings is 1. The van der Waals surface area contributed by atoms with Crippen LogP contribution in [0.1, 0.15) is 29.8 Å². The molecule has 7 heteroatoms. The van der Waals surface area contributed by atoms with E-state index in [1.807, 2.05) is 37.8 Å². The van der Waals surface area contributed by atoms with Gasteiger partial charge < -0.3 is 10.1 Å². The van der Waals surface area contributed by atoms with E-state index in [1.165, 1.54) is 0 Å². The Hall–Kier alpha value is -0.520. The molecule has 23 heavy (non-hydrogen) atoms. The zero-order chi connectivity index (χ0) is 17.2. The van der Waals surface area contributed by atoms with E-state index in [4.69, 9.17) is 39.5 Å². The highest BCUT2D eigenvalue weighted by Gasteiger charge is 2.41. The molecule has 1 saturated heterocycles. The van der Waals surface area contributed by atoms with E-state index in [0.717, 1.165) is 5.56 Å². The van der Waals surface area contributed by atoms with Gasteiger partial charge in [-0.15, -0.1) is 0 Å². The number of ether oxygens (including phenoxy) is 1. The molecule has 4 nitrogen and oxygen atoms in total. The fourth-order valence-corrected chi connectivity index (χ4v) is 3.30. The number of rotatable bonds is 3. The van der Waals surface area contributed by atoms with Crippen LogP contribution >= 0.6 is 34.8 Å². The Morgan fingerprint density at radius 2 is 1.74 bits per heavy atom. The van der Waals surface area contributed by atoms with Crippen LogP contribution in [0.3, 0.4) is 0 Å². The minimum Gasteiger partial charge on any atom is -0.373 e. The smallest absolute Gasteiger partial charge is 0.252 e. The highest BCUT2D eigenvalue weighted by Crippen LogP contribution is 2.33. The molecule has 1 aliphatic heterocycles. The molecule has 0 bridgehead atoms. The number of amides is 1. The molecular formula is C16H21Cl3N2O2. The molecule has 1 aliphatic rings. The summed E-state index contributed by atoms with van der Waals surface area (Å²) >= 11 is 18.4. The summed E-state index contributed by atoms with van der Waals surface area (Å²) in [5.74, 6) is -0.270. The standard InChI is InChI=1S/C16H21Cl3N2O2/c1-10-4-6-13(7-5-10)14(22)20-15(16(17,18)19)21-8-11(2)23-12(3)9-21/h4-7,11-12,15H,8-9H2,1-3H3,(H,20,22)/t11-,12-,15-/m1/s1. The van der Waals surface area contributed by atoms with Gasteiger partial charge in [-0.1, -0.05) is 52.5 Å². The Bertz CT molecular complexity index is 535. The van der Waals surface area contributed by atoms with Crippen molar-refractivity contribution in [1.29, 1.82) is 0 Å². The molecule has 1 fully saturated rings. The van der Waals surface area contributed by atoms with Gasteiger partial charge in [0.15, 0.2) is 0 Å². The molecule has 0 aromatic heterocycles. The predicted octanol–water partition coefficient (Wildman–Crippen LogP) is 3.53. The molecule has 1 heterocycles. The first-order valence-corrected chi connectivity index (χ1v) is 8.64. The Labute approximate surface area is 152 Å². The number of hydrogen-bond acceptors (Lipinski definition) is 3. The molecule has 0 unspecified atom stereocenters. The van der Waals surface area contributed by atoms with Gasteiger partial charge in [-0.3, -0.25) is 9.69 Å². The van der Waals surface area contributed by atoms with Gasteiger partial charge >= 0.3 is 0 Å². The van der Waals surface area contributed by atoms with Gasteiger partial charge in [0.2, 0.25) is 3.79 Å². The van der Waals surface area contributed by atoms with Crippen molar-refractivity contribution in [2.75, 3.05) is 13.1 Å². The summed E-state index contributed by atoms with van der Waals surface area (Å²) in [6.45, 7) is 7.04. The van der Waals surface area contributed by atoms with E-state index >= 15 is 0 Å². The normalized spacial score (nSPS) is 24.3. The predicted molar refractivity (Wildman–Crippen MR) is 94.3 cm³/mol. The first-order chi connectivity index (χ1) is 10.7. The highest BCUT2D eigenvalue weighted by atomic mass is 35.6. The third-order valence-electron chi connectivity index (χ3n) is 3.70. The lowest BCUT2D eigenvalue weighted by atomic mass is 10.1. The minimum absolute atomic E-state index is 0.00452. The number of alkyl halides is 3. The summed E-state index contributed by atoms with van der Waals surface area (Å²) < 4.78 is 4.06. The van der Waals surface area contributed by atoms with Gasteiger partial charge in [0.05, 0.1) is 12.2 Å². The van der Waals surface area contributed by atoms with Crippen LogP contribution in [0, 0.1) is 6.92 Å². The van der Waals surface area contributed by atoms with Gasteiger partial charge in [0.25, 0.3) is 5.91 Å². The summed E-state index contributed by atoms with van der Waals surface area (Å²) in [6, 6.07) is 7.26. The van der Waals surface area contributed by atoms with Crippen molar-refractivity contribution in [3.05, 3.63) is 35.4 Å². The van der Waals surface area contributed by atoms with Crippen LogP contribution in [-0.2, 0) is 4.74 Å². The van der Waals surface area contributed by atoms with E-state index in [9.17, 15) is 4.79 Å². The number of carbonyl (C=O) groups is 1. The van der Waals surface area contributed by atoms with Crippen LogP contribution in [0.4, 0.5) is 0 Å². The maximum absolute atomic E-state index is 12.5. The van der Waals surface area contributed by atoms with E-state index in [1.54, 1.807) is 12.1 Å². The van der Waals surface area contributed by atoms with Crippen molar-refractivity contribution in [2.45, 2.75) is 42.9 Å². The molecular weight excluding hydrogens is 359 g/mol. The summed E-state index contributed by atoms with van der Waals surface area (Å²) in [5.41, 5.74) is 1.61. The lowest BCUT2D eigenvalue weighted by Gasteiger charge is -2.42. The first kappa shape index (κ1) is 18.8. The van der Waals surface area contributed by atoms with Crippen LogP contribution in [0.2, 0.25) is 0 Å². The number of hydrogen-bond donors (Lipinski definition) is 1. The summed E-state index contributed by atoms with van der Waals surface area (Å²) in [6.07, 6.45) is -0.718. The largest absolute Gasteiger partial charge is 0.373 e. The Kier molecular flexibility index (Phi) is 6.20. The number of morpholine rings is 1. The molecule has 1 N–H and O–H groups in total. The first-order valence-electron chi connectivity index (χ1n) is 7.50. The van der Waals surface area contributed by atoms with Crippen LogP contribution in [0.5, 0.6) is 0 Å². The van der Waals surface area contributed by atoms with Crippen molar-refractivity contribution in [3.8, 4) is 0 Å². The lowest BCUT2D eigenvalue weighted by Crippen LogP contribution is -2.60. The SMILES string of the molecule is Cc1ccc(C(=O)N[C@H](N2C[C@@H](C)O[C@H](C)C2)C(Cl)(Cl)Cl)cc1. The molecule has 128 valence electrons. The van der Waals surface area contributed by atoms with Gasteiger partial charge in [0, 0.05) is 18.7 Å². The summed E-state index contributed by atoms with van der Waals surface area (Å²) in [5, 5.41) is 2.84. The molecule has 1 aromatic carbocycles. The Balaban J connectivity index is 2.16. The van der Waals surface area contributed by atoms with E-state index < -0.39 is 9.96 Å². The minimum atomic E-state index is -1.64. The van der Waals surface area contributed by atoms with Crippen LogP contribution in [-0.4, -0.2) is 46.1 Å². The average Bonchev–Trinajstić information content (AvgIpc) is 2.42. The van der Waals surface area contributed by atoms with Crippen LogP contribution in [0.25, 0.3) is 0 Å². The van der Waals surface area contributed by atoms with Crippen molar-refractivity contribution in [1.82, 2.24) is 10.2 Å². The third kappa shape index (κ3) is 5.23. The summed E-state index contributed by atoms with van der Waals surface area (Å²) in [7, 11) is 0. The zero-order valence-electron chi connectivity index (χ0n) is 13.4.